The molecule has 3 nitrogen and oxygen atoms in total. The fourth-order valence-corrected chi connectivity index (χ4v) is 3.78. The third kappa shape index (κ3) is 3.74. The van der Waals surface area contributed by atoms with Gasteiger partial charge in [-0.15, -0.1) is 11.3 Å². The quantitative estimate of drug-likeness (QED) is 0.865. The van der Waals surface area contributed by atoms with Crippen LogP contribution in [0.4, 0.5) is 10.1 Å². The van der Waals surface area contributed by atoms with Gasteiger partial charge >= 0.3 is 0 Å². The van der Waals surface area contributed by atoms with Gasteiger partial charge in [0.25, 0.3) is 0 Å². The zero-order chi connectivity index (χ0) is 15.5. The van der Waals surface area contributed by atoms with Gasteiger partial charge in [0.15, 0.2) is 0 Å². The minimum absolute atomic E-state index is 0.155. The van der Waals surface area contributed by atoms with Crippen molar-refractivity contribution < 1.29 is 9.18 Å². The summed E-state index contributed by atoms with van der Waals surface area (Å²) in [5, 5.41) is 4.75. The van der Waals surface area contributed by atoms with Crippen molar-refractivity contribution in [1.29, 1.82) is 0 Å². The van der Waals surface area contributed by atoms with Crippen molar-refractivity contribution in [3.63, 3.8) is 0 Å². The minimum atomic E-state index is -0.427. The first-order valence-electron chi connectivity index (χ1n) is 7.14. The van der Waals surface area contributed by atoms with Gasteiger partial charge in [0.05, 0.1) is 5.69 Å². The maximum atomic E-state index is 13.7. The molecule has 3 rings (SSSR count). The second kappa shape index (κ2) is 6.89. The van der Waals surface area contributed by atoms with E-state index < -0.39 is 5.82 Å². The van der Waals surface area contributed by atoms with Crippen LogP contribution >= 0.6 is 27.3 Å². The van der Waals surface area contributed by atoms with Crippen molar-refractivity contribution in [2.75, 3.05) is 18.4 Å². The van der Waals surface area contributed by atoms with Gasteiger partial charge in [0, 0.05) is 35.4 Å². The van der Waals surface area contributed by atoms with Gasteiger partial charge in [-0.3, -0.25) is 9.69 Å². The first kappa shape index (κ1) is 15.6. The van der Waals surface area contributed by atoms with E-state index in [1.807, 2.05) is 0 Å². The highest BCUT2D eigenvalue weighted by Gasteiger charge is 2.18. The molecule has 2 heterocycles. The Bertz CT molecular complexity index is 689. The summed E-state index contributed by atoms with van der Waals surface area (Å²) in [7, 11) is 0. The summed E-state index contributed by atoms with van der Waals surface area (Å²) < 4.78 is 14.3. The number of fused-ring (bicyclic) bond motifs is 1. The highest BCUT2D eigenvalue weighted by molar-refractivity contribution is 9.10. The van der Waals surface area contributed by atoms with E-state index in [9.17, 15) is 9.18 Å². The molecular formula is C16H16BrFN2OS. The number of hydrogen-bond donors (Lipinski definition) is 1. The molecule has 0 spiro atoms. The number of amides is 1. The molecule has 6 heteroatoms. The predicted octanol–water partition coefficient (Wildman–Crippen LogP) is 4.04. The summed E-state index contributed by atoms with van der Waals surface area (Å²) in [5.74, 6) is -0.582. The number of thiophene rings is 1. The van der Waals surface area contributed by atoms with Crippen LogP contribution in [0, 0.1) is 5.82 Å². The summed E-state index contributed by atoms with van der Waals surface area (Å²) in [6.07, 6.45) is 1.42. The van der Waals surface area contributed by atoms with Gasteiger partial charge in [-0.2, -0.15) is 0 Å². The van der Waals surface area contributed by atoms with Gasteiger partial charge in [-0.05, 0) is 41.6 Å². The van der Waals surface area contributed by atoms with E-state index in [-0.39, 0.29) is 11.6 Å². The average molecular weight is 383 g/mol. The minimum Gasteiger partial charge on any atom is -0.324 e. The van der Waals surface area contributed by atoms with Gasteiger partial charge in [-0.25, -0.2) is 4.39 Å². The lowest BCUT2D eigenvalue weighted by Gasteiger charge is -2.26. The largest absolute Gasteiger partial charge is 0.324 e. The Balaban J connectivity index is 1.51. The molecule has 1 N–H and O–H groups in total. The number of nitrogens with zero attached hydrogens (tertiary/aromatic N) is 1. The van der Waals surface area contributed by atoms with E-state index >= 15 is 0 Å². The summed E-state index contributed by atoms with van der Waals surface area (Å²) >= 11 is 5.00. The van der Waals surface area contributed by atoms with Crippen LogP contribution < -0.4 is 5.32 Å². The van der Waals surface area contributed by atoms with Gasteiger partial charge in [0.2, 0.25) is 5.91 Å². The lowest BCUT2D eigenvalue weighted by atomic mass is 10.1. The topological polar surface area (TPSA) is 32.3 Å². The molecule has 1 amide bonds. The summed E-state index contributed by atoms with van der Waals surface area (Å²) in [4.78, 5) is 15.7. The molecule has 0 radical (unpaired) electrons. The van der Waals surface area contributed by atoms with Crippen LogP contribution in [-0.4, -0.2) is 23.9 Å². The Kier molecular flexibility index (Phi) is 4.90. The molecule has 1 aliphatic heterocycles. The van der Waals surface area contributed by atoms with Gasteiger partial charge in [0.1, 0.15) is 5.82 Å². The van der Waals surface area contributed by atoms with Crippen LogP contribution in [0.25, 0.3) is 0 Å². The summed E-state index contributed by atoms with van der Waals surface area (Å²) in [6, 6.07) is 6.78. The molecule has 1 aromatic heterocycles. The van der Waals surface area contributed by atoms with E-state index in [0.29, 0.717) is 17.4 Å². The molecule has 22 heavy (non-hydrogen) atoms. The Morgan fingerprint density at radius 1 is 1.41 bits per heavy atom. The SMILES string of the molecule is O=C(CCN1CCc2sccc2C1)Nc1ccc(Br)cc1F. The monoisotopic (exact) mass is 382 g/mol. The molecule has 0 atom stereocenters. The van der Waals surface area contributed by atoms with E-state index in [1.54, 1.807) is 23.5 Å². The maximum absolute atomic E-state index is 13.7. The zero-order valence-electron chi connectivity index (χ0n) is 11.9. The zero-order valence-corrected chi connectivity index (χ0v) is 14.3. The molecule has 2 aromatic rings. The van der Waals surface area contributed by atoms with Crippen molar-refractivity contribution in [3.05, 3.63) is 50.4 Å². The van der Waals surface area contributed by atoms with Crippen molar-refractivity contribution >= 4 is 38.9 Å². The maximum Gasteiger partial charge on any atom is 0.225 e. The van der Waals surface area contributed by atoms with Crippen molar-refractivity contribution in [3.8, 4) is 0 Å². The Morgan fingerprint density at radius 3 is 3.09 bits per heavy atom. The van der Waals surface area contributed by atoms with Gasteiger partial charge < -0.3 is 5.32 Å². The second-order valence-corrected chi connectivity index (χ2v) is 7.23. The third-order valence-corrected chi connectivity index (χ3v) is 5.26. The number of carbonyl (C=O) groups is 1. The normalized spacial score (nSPS) is 14.6. The number of hydrogen-bond acceptors (Lipinski definition) is 3. The summed E-state index contributed by atoms with van der Waals surface area (Å²) in [5.41, 5.74) is 1.60. The van der Waals surface area contributed by atoms with Crippen LogP contribution in [-0.2, 0) is 17.8 Å². The molecule has 0 saturated heterocycles. The standard InChI is InChI=1S/C16H16BrFN2OS/c17-12-1-2-14(13(18)9-12)19-16(21)4-7-20-6-3-15-11(10-20)5-8-22-15/h1-2,5,8-9H,3-4,6-7,10H2,(H,19,21). The Hall–Kier alpha value is -1.24. The first-order valence-corrected chi connectivity index (χ1v) is 8.81. The molecular weight excluding hydrogens is 367 g/mol. The summed E-state index contributed by atoms with van der Waals surface area (Å²) in [6.45, 7) is 2.57. The van der Waals surface area contributed by atoms with E-state index in [1.165, 1.54) is 16.5 Å². The predicted molar refractivity (Wildman–Crippen MR) is 90.6 cm³/mol. The molecule has 1 aromatic carbocycles. The van der Waals surface area contributed by atoms with E-state index in [2.05, 4.69) is 37.6 Å². The Labute approximate surface area is 141 Å². The van der Waals surface area contributed by atoms with Crippen LogP contribution in [0.15, 0.2) is 34.1 Å². The van der Waals surface area contributed by atoms with Crippen molar-refractivity contribution in [2.45, 2.75) is 19.4 Å². The molecule has 0 unspecified atom stereocenters. The number of benzene rings is 1. The lowest BCUT2D eigenvalue weighted by Crippen LogP contribution is -2.32. The van der Waals surface area contributed by atoms with E-state index in [0.717, 1.165) is 19.5 Å². The van der Waals surface area contributed by atoms with E-state index in [4.69, 9.17) is 0 Å². The molecule has 0 fully saturated rings. The van der Waals surface area contributed by atoms with Crippen molar-refractivity contribution in [2.24, 2.45) is 0 Å². The third-order valence-electron chi connectivity index (χ3n) is 3.75. The molecule has 116 valence electrons. The lowest BCUT2D eigenvalue weighted by molar-refractivity contribution is -0.116. The Morgan fingerprint density at radius 2 is 2.27 bits per heavy atom. The smallest absolute Gasteiger partial charge is 0.225 e. The van der Waals surface area contributed by atoms with Crippen molar-refractivity contribution in [1.82, 2.24) is 4.90 Å². The second-order valence-electron chi connectivity index (χ2n) is 5.32. The highest BCUT2D eigenvalue weighted by atomic mass is 79.9. The number of rotatable bonds is 4. The number of halogens is 2. The molecule has 0 saturated carbocycles. The fourth-order valence-electron chi connectivity index (χ4n) is 2.56. The first-order chi connectivity index (χ1) is 10.6. The highest BCUT2D eigenvalue weighted by Crippen LogP contribution is 2.24. The number of nitrogens with one attached hydrogen (secondary N) is 1. The fraction of sp³-hybridized carbons (Fsp3) is 0.312. The number of anilines is 1. The van der Waals surface area contributed by atoms with Crippen LogP contribution in [0.3, 0.4) is 0 Å². The molecule has 0 bridgehead atoms. The van der Waals surface area contributed by atoms with Crippen LogP contribution in [0.1, 0.15) is 16.9 Å². The average Bonchev–Trinajstić information content (AvgIpc) is 2.95. The molecule has 0 aliphatic carbocycles. The van der Waals surface area contributed by atoms with Gasteiger partial charge in [-0.1, -0.05) is 15.9 Å². The van der Waals surface area contributed by atoms with Crippen LogP contribution in [0.2, 0.25) is 0 Å². The molecule has 1 aliphatic rings. The van der Waals surface area contributed by atoms with Crippen LogP contribution in [0.5, 0.6) is 0 Å². The number of carbonyl (C=O) groups excluding carboxylic acids is 1.